The van der Waals surface area contributed by atoms with Crippen LogP contribution in [0.2, 0.25) is 0 Å². The Balaban J connectivity index is 2.18. The van der Waals surface area contributed by atoms with Crippen LogP contribution >= 0.6 is 0 Å². The van der Waals surface area contributed by atoms with Crippen molar-refractivity contribution in [2.24, 2.45) is 5.41 Å². The van der Waals surface area contributed by atoms with Crippen molar-refractivity contribution in [1.29, 1.82) is 0 Å². The first kappa shape index (κ1) is 18.7. The minimum atomic E-state index is -0.939. The summed E-state index contributed by atoms with van der Waals surface area (Å²) < 4.78 is 0. The number of carbonyl (C=O) groups is 1. The van der Waals surface area contributed by atoms with Gasteiger partial charge in [0.15, 0.2) is 0 Å². The molecule has 2 atom stereocenters. The van der Waals surface area contributed by atoms with Crippen LogP contribution in [0.5, 0.6) is 0 Å². The van der Waals surface area contributed by atoms with E-state index in [0.29, 0.717) is 5.57 Å². The Morgan fingerprint density at radius 1 is 1.29 bits per heavy atom. The number of fused-ring (bicyclic) bond motifs is 1. The fraction of sp³-hybridized carbons (Fsp3) is 0.550. The molecule has 1 saturated carbocycles. The highest BCUT2D eigenvalue weighted by Gasteiger charge is 2.46. The number of carboxylic acid groups (broad SMARTS) is 1. The molecule has 1 aliphatic heterocycles. The molecule has 0 unspecified atom stereocenters. The van der Waals surface area contributed by atoms with Crippen molar-refractivity contribution >= 4 is 5.97 Å². The molecule has 0 saturated heterocycles. The minimum Gasteiger partial charge on any atom is -0.478 e. The van der Waals surface area contributed by atoms with Crippen molar-refractivity contribution in [3.8, 4) is 0 Å². The van der Waals surface area contributed by atoms with Crippen LogP contribution in [-0.2, 0) is 14.6 Å². The Bertz CT molecular complexity index is 622. The average Bonchev–Trinajstić information content (AvgIpc) is 2.45. The van der Waals surface area contributed by atoms with E-state index >= 15 is 0 Å². The van der Waals surface area contributed by atoms with Gasteiger partial charge >= 0.3 is 5.97 Å². The summed E-state index contributed by atoms with van der Waals surface area (Å²) in [6, 6.07) is 0. The molecule has 0 bridgehead atoms. The fourth-order valence-electron chi connectivity index (χ4n) is 3.58. The average molecular weight is 332 g/mol. The lowest BCUT2D eigenvalue weighted by molar-refractivity contribution is -0.372. The first-order valence-corrected chi connectivity index (χ1v) is 8.47. The second-order valence-electron chi connectivity index (χ2n) is 7.65. The van der Waals surface area contributed by atoms with Gasteiger partial charge in [-0.2, -0.15) is 0 Å². The summed E-state index contributed by atoms with van der Waals surface area (Å²) in [5.41, 5.74) is 2.81. The van der Waals surface area contributed by atoms with E-state index in [0.717, 1.165) is 24.8 Å². The van der Waals surface area contributed by atoms with Crippen LogP contribution in [0, 0.1) is 5.41 Å². The van der Waals surface area contributed by atoms with E-state index in [4.69, 9.17) is 14.9 Å². The van der Waals surface area contributed by atoms with E-state index in [1.165, 1.54) is 11.6 Å². The molecule has 0 aromatic heterocycles. The summed E-state index contributed by atoms with van der Waals surface area (Å²) in [6.45, 7) is 10.4. The largest absolute Gasteiger partial charge is 0.478 e. The quantitative estimate of drug-likeness (QED) is 0.349. The molecule has 2 rings (SSSR count). The molecule has 4 heteroatoms. The SMILES string of the molecule is CC(=C/C(=O)O)/C=C/C=C(\C)[C@@H]1C=C2C(C)(C)CCC[C@]2(C)OO1. The van der Waals surface area contributed by atoms with Gasteiger partial charge in [-0.25, -0.2) is 14.6 Å². The third kappa shape index (κ3) is 4.25. The summed E-state index contributed by atoms with van der Waals surface area (Å²) in [5, 5.41) is 8.71. The summed E-state index contributed by atoms with van der Waals surface area (Å²) >= 11 is 0. The molecule has 0 radical (unpaired) electrons. The van der Waals surface area contributed by atoms with E-state index in [9.17, 15) is 4.79 Å². The topological polar surface area (TPSA) is 55.8 Å². The van der Waals surface area contributed by atoms with Gasteiger partial charge < -0.3 is 5.11 Å². The summed E-state index contributed by atoms with van der Waals surface area (Å²) in [7, 11) is 0. The van der Waals surface area contributed by atoms with E-state index in [1.54, 1.807) is 13.0 Å². The monoisotopic (exact) mass is 332 g/mol. The second kappa shape index (κ2) is 7.08. The number of carboxylic acids is 1. The zero-order valence-corrected chi connectivity index (χ0v) is 15.3. The van der Waals surface area contributed by atoms with Gasteiger partial charge in [-0.1, -0.05) is 32.1 Å². The molecule has 0 aromatic carbocycles. The van der Waals surface area contributed by atoms with E-state index in [1.807, 2.05) is 19.1 Å². The van der Waals surface area contributed by atoms with Gasteiger partial charge in [0.25, 0.3) is 0 Å². The van der Waals surface area contributed by atoms with Crippen LogP contribution in [0.15, 0.2) is 47.1 Å². The summed E-state index contributed by atoms with van der Waals surface area (Å²) in [6.07, 6.45) is 12.0. The second-order valence-corrected chi connectivity index (χ2v) is 7.65. The molecule has 0 aromatic rings. The summed E-state index contributed by atoms with van der Waals surface area (Å²) in [4.78, 5) is 22.0. The molecule has 4 nitrogen and oxygen atoms in total. The van der Waals surface area contributed by atoms with Crippen molar-refractivity contribution < 1.29 is 19.7 Å². The first-order chi connectivity index (χ1) is 11.1. The third-order valence-electron chi connectivity index (χ3n) is 4.93. The van der Waals surface area contributed by atoms with E-state index in [2.05, 4.69) is 26.8 Å². The number of rotatable bonds is 4. The maximum atomic E-state index is 10.6. The zero-order valence-electron chi connectivity index (χ0n) is 15.3. The Labute approximate surface area is 144 Å². The van der Waals surface area contributed by atoms with Crippen molar-refractivity contribution in [2.45, 2.75) is 65.6 Å². The molecule has 1 aliphatic carbocycles. The molecule has 24 heavy (non-hydrogen) atoms. The van der Waals surface area contributed by atoms with Gasteiger partial charge in [0.05, 0.1) is 0 Å². The van der Waals surface area contributed by atoms with Crippen molar-refractivity contribution in [3.05, 3.63) is 47.1 Å². The fourth-order valence-corrected chi connectivity index (χ4v) is 3.58. The highest BCUT2D eigenvalue weighted by atomic mass is 17.2. The van der Waals surface area contributed by atoms with Crippen molar-refractivity contribution in [2.75, 3.05) is 0 Å². The third-order valence-corrected chi connectivity index (χ3v) is 4.93. The summed E-state index contributed by atoms with van der Waals surface area (Å²) in [5.74, 6) is -0.939. The Kier molecular flexibility index (Phi) is 5.51. The minimum absolute atomic E-state index is 0.117. The molecule has 1 fully saturated rings. The van der Waals surface area contributed by atoms with Crippen LogP contribution in [0.25, 0.3) is 0 Å². The molecular formula is C20H28O4. The molecule has 0 amide bonds. The van der Waals surface area contributed by atoms with Gasteiger partial charge in [-0.15, -0.1) is 0 Å². The molecule has 2 aliphatic rings. The van der Waals surface area contributed by atoms with Gasteiger partial charge in [0.2, 0.25) is 0 Å². The molecule has 1 heterocycles. The molecule has 1 N–H and O–H groups in total. The van der Waals surface area contributed by atoms with Gasteiger partial charge in [-0.3, -0.25) is 0 Å². The molecule has 0 spiro atoms. The standard InChI is InChI=1S/C20H28O4/c1-14(12-18(21)22)8-6-9-15(2)16-13-17-19(3,4)10-7-11-20(17,5)24-23-16/h6,8-9,12-13,16H,7,10-11H2,1-5H3,(H,21,22)/b8-6+,14-12-,15-9+/t16-,20-/m0/s1. The van der Waals surface area contributed by atoms with Crippen LogP contribution in [0.3, 0.4) is 0 Å². The Morgan fingerprint density at radius 3 is 2.67 bits per heavy atom. The lowest BCUT2D eigenvalue weighted by atomic mass is 9.65. The highest BCUT2D eigenvalue weighted by molar-refractivity contribution is 5.81. The van der Waals surface area contributed by atoms with Crippen molar-refractivity contribution in [3.63, 3.8) is 0 Å². The number of hydrogen-bond donors (Lipinski definition) is 1. The van der Waals surface area contributed by atoms with E-state index < -0.39 is 5.97 Å². The molecular weight excluding hydrogens is 304 g/mol. The Hall–Kier alpha value is -1.65. The first-order valence-electron chi connectivity index (χ1n) is 8.47. The van der Waals surface area contributed by atoms with Crippen LogP contribution in [0.1, 0.15) is 53.9 Å². The van der Waals surface area contributed by atoms with Crippen LogP contribution in [-0.4, -0.2) is 22.8 Å². The normalized spacial score (nSPS) is 30.9. The zero-order chi connectivity index (χ0) is 18.0. The number of hydrogen-bond acceptors (Lipinski definition) is 3. The maximum Gasteiger partial charge on any atom is 0.328 e. The number of allylic oxidation sites excluding steroid dienone is 4. The smallest absolute Gasteiger partial charge is 0.328 e. The number of aliphatic carboxylic acids is 1. The van der Waals surface area contributed by atoms with Gasteiger partial charge in [0.1, 0.15) is 11.7 Å². The predicted octanol–water partition coefficient (Wildman–Crippen LogP) is 4.75. The van der Waals surface area contributed by atoms with Crippen LogP contribution < -0.4 is 0 Å². The van der Waals surface area contributed by atoms with Gasteiger partial charge in [-0.05, 0) is 68.2 Å². The lowest BCUT2D eigenvalue weighted by Crippen LogP contribution is -2.46. The highest BCUT2D eigenvalue weighted by Crippen LogP contribution is 2.49. The van der Waals surface area contributed by atoms with Gasteiger partial charge in [0, 0.05) is 6.08 Å². The molecule has 132 valence electrons. The van der Waals surface area contributed by atoms with E-state index in [-0.39, 0.29) is 17.1 Å². The van der Waals surface area contributed by atoms with Crippen LogP contribution in [0.4, 0.5) is 0 Å². The Morgan fingerprint density at radius 2 is 2.00 bits per heavy atom. The lowest BCUT2D eigenvalue weighted by Gasteiger charge is -2.47. The maximum absolute atomic E-state index is 10.6. The predicted molar refractivity (Wildman–Crippen MR) is 94.4 cm³/mol. The van der Waals surface area contributed by atoms with Crippen molar-refractivity contribution in [1.82, 2.24) is 0 Å².